The van der Waals surface area contributed by atoms with Crippen LogP contribution in [0.4, 0.5) is 18.9 Å². The lowest BCUT2D eigenvalue weighted by molar-refractivity contribution is -0.147. The van der Waals surface area contributed by atoms with Crippen LogP contribution in [0, 0.1) is 0 Å². The number of anilines is 1. The number of benzene rings is 2. The third-order valence-electron chi connectivity index (χ3n) is 5.73. The molecule has 0 spiro atoms. The second kappa shape index (κ2) is 9.97. The van der Waals surface area contributed by atoms with Crippen LogP contribution in [-0.2, 0) is 11.0 Å². The number of ether oxygens (including phenoxy) is 1. The number of nitrogens with zero attached hydrogens (tertiary/aromatic N) is 4. The Morgan fingerprint density at radius 3 is 2.38 bits per heavy atom. The smallest absolute Gasteiger partial charge is 0.434 e. The molecule has 2 aromatic carbocycles. The minimum atomic E-state index is -4.78. The highest BCUT2D eigenvalue weighted by Gasteiger charge is 2.42. The van der Waals surface area contributed by atoms with Crippen molar-refractivity contribution < 1.29 is 22.7 Å². The van der Waals surface area contributed by atoms with Gasteiger partial charge in [-0.05, 0) is 28.1 Å². The number of hydrogen-bond acceptors (Lipinski definition) is 5. The molecule has 0 bridgehead atoms. The first-order valence-electron chi connectivity index (χ1n) is 10.4. The van der Waals surface area contributed by atoms with Crippen LogP contribution in [0.1, 0.15) is 11.9 Å². The Balaban J connectivity index is 1.61. The molecule has 1 unspecified atom stereocenters. The van der Waals surface area contributed by atoms with Crippen LogP contribution < -0.4 is 9.64 Å². The zero-order valence-electron chi connectivity index (χ0n) is 18.1. The van der Waals surface area contributed by atoms with Crippen LogP contribution in [0.3, 0.4) is 0 Å². The van der Waals surface area contributed by atoms with Crippen molar-refractivity contribution in [1.29, 1.82) is 0 Å². The summed E-state index contributed by atoms with van der Waals surface area (Å²) in [5, 5.41) is 3.64. The van der Waals surface area contributed by atoms with E-state index in [2.05, 4.69) is 25.9 Å². The van der Waals surface area contributed by atoms with Gasteiger partial charge in [-0.25, -0.2) is 4.68 Å². The van der Waals surface area contributed by atoms with Gasteiger partial charge in [-0.15, -0.1) is 0 Å². The predicted molar refractivity (Wildman–Crippen MR) is 127 cm³/mol. The topological polar surface area (TPSA) is 50.6 Å². The highest BCUT2D eigenvalue weighted by molar-refractivity contribution is 9.10. The molecule has 6 nitrogen and oxygen atoms in total. The molecule has 1 fully saturated rings. The van der Waals surface area contributed by atoms with E-state index in [0.717, 1.165) is 10.2 Å². The van der Waals surface area contributed by atoms with Crippen LogP contribution in [0.15, 0.2) is 53.0 Å². The van der Waals surface area contributed by atoms with Gasteiger partial charge < -0.3 is 9.64 Å². The number of halogens is 5. The third-order valence-corrected chi connectivity index (χ3v) is 6.74. The fraction of sp³-hybridized carbons (Fsp3) is 0.304. The zero-order valence-corrected chi connectivity index (χ0v) is 20.4. The van der Waals surface area contributed by atoms with Gasteiger partial charge in [0.25, 0.3) is 0 Å². The van der Waals surface area contributed by atoms with Crippen molar-refractivity contribution in [2.45, 2.75) is 12.3 Å². The summed E-state index contributed by atoms with van der Waals surface area (Å²) in [5.41, 5.74) is 0.217. The lowest BCUT2D eigenvalue weighted by Gasteiger charge is -2.38. The van der Waals surface area contributed by atoms with Crippen LogP contribution >= 0.6 is 27.5 Å². The molecule has 3 aromatic rings. The van der Waals surface area contributed by atoms with E-state index in [1.807, 2.05) is 18.2 Å². The Morgan fingerprint density at radius 1 is 1.12 bits per heavy atom. The molecule has 1 aromatic heterocycles. The molecule has 0 saturated carbocycles. The van der Waals surface area contributed by atoms with Gasteiger partial charge in [0.1, 0.15) is 11.4 Å². The summed E-state index contributed by atoms with van der Waals surface area (Å²) in [6.45, 7) is 1.74. The second-order valence-corrected chi connectivity index (χ2v) is 8.94. The highest BCUT2D eigenvalue weighted by Crippen LogP contribution is 2.41. The summed E-state index contributed by atoms with van der Waals surface area (Å²) in [6.07, 6.45) is -5.55. The molecule has 1 aliphatic heterocycles. The highest BCUT2D eigenvalue weighted by atomic mass is 79.9. The van der Waals surface area contributed by atoms with Gasteiger partial charge in [0.15, 0.2) is 18.1 Å². The first kappa shape index (κ1) is 24.6. The normalized spacial score (nSPS) is 15.9. The van der Waals surface area contributed by atoms with Crippen molar-refractivity contribution in [3.8, 4) is 17.0 Å². The Hall–Kier alpha value is -2.56. The summed E-state index contributed by atoms with van der Waals surface area (Å²) >= 11 is 9.59. The Bertz CT molecular complexity index is 1170. The number of methoxy groups -OCH3 is 1. The molecule has 0 N–H and O–H groups in total. The van der Waals surface area contributed by atoms with Gasteiger partial charge in [-0.3, -0.25) is 9.69 Å². The summed E-state index contributed by atoms with van der Waals surface area (Å²) in [5.74, 6) is 0.681. The van der Waals surface area contributed by atoms with Crippen molar-refractivity contribution in [1.82, 2.24) is 14.7 Å². The van der Waals surface area contributed by atoms with E-state index in [9.17, 15) is 18.0 Å². The number of aldehydes is 1. The van der Waals surface area contributed by atoms with E-state index < -0.39 is 23.1 Å². The molecule has 1 aliphatic rings. The molecule has 2 heterocycles. The molecule has 180 valence electrons. The van der Waals surface area contributed by atoms with Gasteiger partial charge in [0.2, 0.25) is 0 Å². The SMILES string of the molecule is COc1cc(N2CCN(C(C=O)n3nc(-c4ccccc4)c(Cl)c3C(F)(F)F)CC2)ccc1Br. The van der Waals surface area contributed by atoms with Crippen molar-refractivity contribution in [2.75, 3.05) is 38.2 Å². The van der Waals surface area contributed by atoms with Gasteiger partial charge in [0.05, 0.1) is 16.6 Å². The Labute approximate surface area is 208 Å². The largest absolute Gasteiger partial charge is 0.495 e. The Morgan fingerprint density at radius 2 is 1.79 bits per heavy atom. The predicted octanol–water partition coefficient (Wildman–Crippen LogP) is 5.51. The molecule has 0 radical (unpaired) electrons. The maximum atomic E-state index is 14.0. The van der Waals surface area contributed by atoms with Crippen LogP contribution in [0.5, 0.6) is 5.75 Å². The summed E-state index contributed by atoms with van der Waals surface area (Å²) in [4.78, 5) is 15.8. The maximum absolute atomic E-state index is 14.0. The molecule has 0 aliphatic carbocycles. The molecular formula is C23H21BrClF3N4O2. The van der Waals surface area contributed by atoms with E-state index in [1.165, 1.54) is 0 Å². The number of aromatic nitrogens is 2. The Kier molecular flexibility index (Phi) is 7.20. The quantitative estimate of drug-likeness (QED) is 0.374. The van der Waals surface area contributed by atoms with Crippen molar-refractivity contribution in [2.24, 2.45) is 0 Å². The lowest BCUT2D eigenvalue weighted by atomic mass is 10.1. The van der Waals surface area contributed by atoms with Crippen molar-refractivity contribution in [3.63, 3.8) is 0 Å². The molecule has 1 atom stereocenters. The molecule has 4 rings (SSSR count). The second-order valence-electron chi connectivity index (χ2n) is 7.71. The summed E-state index contributed by atoms with van der Waals surface area (Å²) in [6, 6.07) is 14.1. The average molecular weight is 558 g/mol. The molecule has 11 heteroatoms. The average Bonchev–Trinajstić information content (AvgIpc) is 3.18. The number of carbonyl (C=O) groups is 1. The molecule has 1 saturated heterocycles. The monoisotopic (exact) mass is 556 g/mol. The van der Waals surface area contributed by atoms with E-state index in [-0.39, 0.29) is 5.69 Å². The number of alkyl halides is 3. The standard InChI is InChI=1S/C23H21BrClF3N4O2/c1-34-18-13-16(7-8-17(18)24)30-9-11-31(12-10-30)19(14-33)32-22(23(26,27)28)20(25)21(29-32)15-5-3-2-4-6-15/h2-8,13-14,19H,9-12H2,1H3. The minimum absolute atomic E-state index is 0.0120. The summed E-state index contributed by atoms with van der Waals surface area (Å²) in [7, 11) is 1.58. The molecule has 34 heavy (non-hydrogen) atoms. The van der Waals surface area contributed by atoms with Gasteiger partial charge >= 0.3 is 6.18 Å². The zero-order chi connectivity index (χ0) is 24.5. The van der Waals surface area contributed by atoms with Crippen LogP contribution in [-0.4, -0.2) is 54.3 Å². The van der Waals surface area contributed by atoms with Crippen LogP contribution in [0.2, 0.25) is 5.02 Å². The fourth-order valence-electron chi connectivity index (χ4n) is 4.03. The number of rotatable bonds is 6. The van der Waals surface area contributed by atoms with Gasteiger partial charge in [-0.2, -0.15) is 18.3 Å². The summed E-state index contributed by atoms with van der Waals surface area (Å²) < 4.78 is 48.8. The van der Waals surface area contributed by atoms with E-state index in [4.69, 9.17) is 16.3 Å². The first-order valence-corrected chi connectivity index (χ1v) is 11.6. The number of hydrogen-bond donors (Lipinski definition) is 0. The fourth-order valence-corrected chi connectivity index (χ4v) is 4.78. The van der Waals surface area contributed by atoms with Crippen molar-refractivity contribution >= 4 is 39.5 Å². The van der Waals surface area contributed by atoms with E-state index >= 15 is 0 Å². The van der Waals surface area contributed by atoms with Crippen LogP contribution in [0.25, 0.3) is 11.3 Å². The first-order chi connectivity index (χ1) is 16.2. The van der Waals surface area contributed by atoms with Gasteiger partial charge in [-0.1, -0.05) is 41.9 Å². The number of carbonyl (C=O) groups excluding carboxylic acids is 1. The maximum Gasteiger partial charge on any atom is 0.434 e. The minimum Gasteiger partial charge on any atom is -0.495 e. The van der Waals surface area contributed by atoms with Gasteiger partial charge in [0, 0.05) is 43.5 Å². The number of piperazine rings is 1. The molecule has 0 amide bonds. The van der Waals surface area contributed by atoms with E-state index in [0.29, 0.717) is 48.5 Å². The van der Waals surface area contributed by atoms with E-state index in [1.54, 1.807) is 42.3 Å². The van der Waals surface area contributed by atoms with Crippen molar-refractivity contribution in [3.05, 3.63) is 63.7 Å². The molecular weight excluding hydrogens is 537 g/mol. The third kappa shape index (κ3) is 4.80. The lowest BCUT2D eigenvalue weighted by Crippen LogP contribution is -2.50.